The molecule has 3 N–H and O–H groups in total. The van der Waals surface area contributed by atoms with Crippen LogP contribution in [0.25, 0.3) is 0 Å². The Bertz CT molecular complexity index is 406. The molecule has 1 heterocycles. The smallest absolute Gasteiger partial charge is 0.237 e. The van der Waals surface area contributed by atoms with Crippen LogP contribution in [-0.4, -0.2) is 11.9 Å². The second-order valence-electron chi connectivity index (χ2n) is 5.14. The highest BCUT2D eigenvalue weighted by Gasteiger charge is 2.20. The van der Waals surface area contributed by atoms with E-state index in [2.05, 4.69) is 18.3 Å². The third-order valence-corrected chi connectivity index (χ3v) is 5.03. The van der Waals surface area contributed by atoms with Crippen LogP contribution in [0.2, 0.25) is 0 Å². The average molecular weight is 266 g/mol. The molecule has 0 saturated carbocycles. The lowest BCUT2D eigenvalue weighted by Gasteiger charge is -2.17. The monoisotopic (exact) mass is 266 g/mol. The van der Waals surface area contributed by atoms with Crippen molar-refractivity contribution in [1.29, 1.82) is 0 Å². The van der Waals surface area contributed by atoms with E-state index in [1.165, 1.54) is 34.6 Å². The van der Waals surface area contributed by atoms with Crippen LogP contribution in [0, 0.1) is 5.92 Å². The number of rotatable bonds is 5. The zero-order chi connectivity index (χ0) is 13.1. The Morgan fingerprint density at radius 3 is 3.00 bits per heavy atom. The van der Waals surface area contributed by atoms with Gasteiger partial charge in [0.2, 0.25) is 5.91 Å². The molecule has 4 heteroatoms. The van der Waals surface area contributed by atoms with Crippen molar-refractivity contribution in [1.82, 2.24) is 5.32 Å². The number of aryl methyl sites for hydroxylation is 2. The fourth-order valence-corrected chi connectivity index (χ4v) is 3.48. The van der Waals surface area contributed by atoms with E-state index in [-0.39, 0.29) is 17.9 Å². The second kappa shape index (κ2) is 5.85. The lowest BCUT2D eigenvalue weighted by molar-refractivity contribution is -0.123. The molecule has 1 aliphatic rings. The molecule has 0 fully saturated rings. The summed E-state index contributed by atoms with van der Waals surface area (Å²) in [5, 5.41) is 2.95. The van der Waals surface area contributed by atoms with E-state index < -0.39 is 0 Å². The van der Waals surface area contributed by atoms with E-state index in [9.17, 15) is 4.79 Å². The van der Waals surface area contributed by atoms with E-state index in [4.69, 9.17) is 5.73 Å². The molecule has 2 unspecified atom stereocenters. The van der Waals surface area contributed by atoms with E-state index in [0.29, 0.717) is 6.54 Å². The number of fused-ring (bicyclic) bond motifs is 1. The zero-order valence-corrected chi connectivity index (χ0v) is 12.0. The van der Waals surface area contributed by atoms with Crippen LogP contribution in [0.5, 0.6) is 0 Å². The third-order valence-electron chi connectivity index (χ3n) is 3.79. The first-order chi connectivity index (χ1) is 8.61. The van der Waals surface area contributed by atoms with Gasteiger partial charge in [-0.3, -0.25) is 4.79 Å². The van der Waals surface area contributed by atoms with Crippen molar-refractivity contribution >= 4 is 17.2 Å². The highest BCUT2D eigenvalue weighted by molar-refractivity contribution is 7.12. The summed E-state index contributed by atoms with van der Waals surface area (Å²) < 4.78 is 0. The molecule has 2 rings (SSSR count). The molecule has 18 heavy (non-hydrogen) atoms. The van der Waals surface area contributed by atoms with Gasteiger partial charge in [-0.2, -0.15) is 0 Å². The first-order valence-corrected chi connectivity index (χ1v) is 7.57. The molecule has 1 aromatic rings. The van der Waals surface area contributed by atoms with Crippen molar-refractivity contribution < 1.29 is 4.79 Å². The SMILES string of the molecule is CCC(C)C(N)C(=O)NCc1cc2c(s1)CCC2. The van der Waals surface area contributed by atoms with Gasteiger partial charge in [-0.25, -0.2) is 0 Å². The number of hydrogen-bond acceptors (Lipinski definition) is 3. The topological polar surface area (TPSA) is 55.1 Å². The Balaban J connectivity index is 1.85. The summed E-state index contributed by atoms with van der Waals surface area (Å²) in [6.07, 6.45) is 4.63. The molecule has 1 aromatic heterocycles. The standard InChI is InChI=1S/C14H22N2OS/c1-3-9(2)13(15)14(17)16-8-11-7-10-5-4-6-12(10)18-11/h7,9,13H,3-6,8,15H2,1-2H3,(H,16,17). The van der Waals surface area contributed by atoms with Crippen molar-refractivity contribution in [3.8, 4) is 0 Å². The van der Waals surface area contributed by atoms with Gasteiger partial charge in [-0.15, -0.1) is 11.3 Å². The zero-order valence-electron chi connectivity index (χ0n) is 11.2. The molecule has 3 nitrogen and oxygen atoms in total. The number of nitrogens with one attached hydrogen (secondary N) is 1. The summed E-state index contributed by atoms with van der Waals surface area (Å²) in [7, 11) is 0. The molecule has 100 valence electrons. The Kier molecular flexibility index (Phi) is 4.40. The Morgan fingerprint density at radius 1 is 1.56 bits per heavy atom. The van der Waals surface area contributed by atoms with Crippen LogP contribution in [0.4, 0.5) is 0 Å². The summed E-state index contributed by atoms with van der Waals surface area (Å²) >= 11 is 1.83. The fraction of sp³-hybridized carbons (Fsp3) is 0.643. The van der Waals surface area contributed by atoms with Crippen molar-refractivity contribution in [2.24, 2.45) is 11.7 Å². The van der Waals surface area contributed by atoms with Gasteiger partial charge in [0.05, 0.1) is 12.6 Å². The van der Waals surface area contributed by atoms with Crippen molar-refractivity contribution in [2.45, 2.75) is 52.1 Å². The molecule has 1 aliphatic carbocycles. The van der Waals surface area contributed by atoms with Crippen molar-refractivity contribution in [2.75, 3.05) is 0 Å². The second-order valence-corrected chi connectivity index (χ2v) is 6.37. The minimum absolute atomic E-state index is 0.0297. The number of thiophene rings is 1. The maximum atomic E-state index is 11.9. The number of carbonyl (C=O) groups excluding carboxylic acids is 1. The number of hydrogen-bond donors (Lipinski definition) is 2. The van der Waals surface area contributed by atoms with Crippen molar-refractivity contribution in [3.05, 3.63) is 21.4 Å². The molecule has 1 amide bonds. The molecule has 0 aromatic carbocycles. The van der Waals surface area contributed by atoms with Crippen LogP contribution >= 0.6 is 11.3 Å². The van der Waals surface area contributed by atoms with Gasteiger partial charge in [0.25, 0.3) is 0 Å². The molecule has 0 aliphatic heterocycles. The van der Waals surface area contributed by atoms with Gasteiger partial charge >= 0.3 is 0 Å². The lowest BCUT2D eigenvalue weighted by Crippen LogP contribution is -2.44. The fourth-order valence-electron chi connectivity index (χ4n) is 2.28. The first kappa shape index (κ1) is 13.6. The summed E-state index contributed by atoms with van der Waals surface area (Å²) in [4.78, 5) is 14.6. The number of nitrogens with two attached hydrogens (primary N) is 1. The highest BCUT2D eigenvalue weighted by Crippen LogP contribution is 2.30. The number of amides is 1. The third kappa shape index (κ3) is 2.93. The van der Waals surface area contributed by atoms with Gasteiger partial charge < -0.3 is 11.1 Å². The van der Waals surface area contributed by atoms with Crippen LogP contribution in [-0.2, 0) is 24.2 Å². The predicted molar refractivity (Wildman–Crippen MR) is 75.6 cm³/mol. The predicted octanol–water partition coefficient (Wildman–Crippen LogP) is 2.23. The minimum Gasteiger partial charge on any atom is -0.350 e. The molecule has 0 spiro atoms. The lowest BCUT2D eigenvalue weighted by atomic mass is 9.99. The molecule has 0 radical (unpaired) electrons. The van der Waals surface area contributed by atoms with Gasteiger partial charge in [0, 0.05) is 9.75 Å². The van der Waals surface area contributed by atoms with E-state index >= 15 is 0 Å². The first-order valence-electron chi connectivity index (χ1n) is 6.75. The largest absolute Gasteiger partial charge is 0.350 e. The van der Waals surface area contributed by atoms with Crippen LogP contribution in [0.15, 0.2) is 6.07 Å². The quantitative estimate of drug-likeness (QED) is 0.858. The molecular weight excluding hydrogens is 244 g/mol. The normalized spacial score (nSPS) is 17.3. The summed E-state index contributed by atoms with van der Waals surface area (Å²) in [5.41, 5.74) is 7.38. The Morgan fingerprint density at radius 2 is 2.33 bits per heavy atom. The van der Waals surface area contributed by atoms with Crippen LogP contribution < -0.4 is 11.1 Å². The average Bonchev–Trinajstić information content (AvgIpc) is 2.94. The number of carbonyl (C=O) groups is 1. The summed E-state index contributed by atoms with van der Waals surface area (Å²) in [6.45, 7) is 4.70. The minimum atomic E-state index is -0.387. The van der Waals surface area contributed by atoms with E-state index in [1.807, 2.05) is 18.3 Å². The van der Waals surface area contributed by atoms with Gasteiger partial charge in [0.1, 0.15) is 0 Å². The molecule has 0 saturated heterocycles. The molecule has 0 bridgehead atoms. The maximum absolute atomic E-state index is 11.9. The Labute approximate surface area is 113 Å². The van der Waals surface area contributed by atoms with E-state index in [1.54, 1.807) is 0 Å². The van der Waals surface area contributed by atoms with Crippen LogP contribution in [0.3, 0.4) is 0 Å². The van der Waals surface area contributed by atoms with Gasteiger partial charge in [0.15, 0.2) is 0 Å². The molecular formula is C14H22N2OS. The van der Waals surface area contributed by atoms with E-state index in [0.717, 1.165) is 6.42 Å². The van der Waals surface area contributed by atoms with Gasteiger partial charge in [-0.1, -0.05) is 20.3 Å². The Hall–Kier alpha value is -0.870. The van der Waals surface area contributed by atoms with Crippen LogP contribution in [0.1, 0.15) is 42.0 Å². The maximum Gasteiger partial charge on any atom is 0.237 e. The summed E-state index contributed by atoms with van der Waals surface area (Å²) in [5.74, 6) is 0.205. The molecule has 2 atom stereocenters. The highest BCUT2D eigenvalue weighted by atomic mass is 32.1. The van der Waals surface area contributed by atoms with Gasteiger partial charge in [-0.05, 0) is 36.8 Å². The summed E-state index contributed by atoms with van der Waals surface area (Å²) in [6, 6.07) is 1.85. The van der Waals surface area contributed by atoms with Crippen molar-refractivity contribution in [3.63, 3.8) is 0 Å².